The number of hydrogen-bond acceptors (Lipinski definition) is 2. The monoisotopic (exact) mass is 416 g/mol. The molecule has 0 unspecified atom stereocenters. The van der Waals surface area contributed by atoms with Crippen molar-refractivity contribution in [2.45, 2.75) is 90.4 Å². The first-order valence-corrected chi connectivity index (χ1v) is 13.2. The van der Waals surface area contributed by atoms with E-state index in [1.54, 1.807) is 6.07 Å². The second-order valence-electron chi connectivity index (χ2n) is 9.55. The highest BCUT2D eigenvalue weighted by Crippen LogP contribution is 2.38. The van der Waals surface area contributed by atoms with Crippen LogP contribution in [-0.4, -0.2) is 14.9 Å². The zero-order chi connectivity index (χ0) is 21.0. The number of benzene rings is 1. The van der Waals surface area contributed by atoms with Crippen molar-refractivity contribution in [1.29, 1.82) is 0 Å². The Morgan fingerprint density at radius 1 is 0.964 bits per heavy atom. The molecular weight excluding hydrogens is 381 g/mol. The van der Waals surface area contributed by atoms with Crippen molar-refractivity contribution >= 4 is 8.32 Å². The van der Waals surface area contributed by atoms with Crippen molar-refractivity contribution < 1.29 is 22.3 Å². The number of ether oxygens (including phenoxy) is 1. The third-order valence-electron chi connectivity index (χ3n) is 6.26. The van der Waals surface area contributed by atoms with Gasteiger partial charge in [0.1, 0.15) is 0 Å². The summed E-state index contributed by atoms with van der Waals surface area (Å²) in [6.07, 6.45) is 1.82. The minimum Gasteiger partial charge on any atom is -0.413 e. The van der Waals surface area contributed by atoms with Crippen LogP contribution in [0.15, 0.2) is 18.2 Å². The van der Waals surface area contributed by atoms with Crippen molar-refractivity contribution in [1.82, 2.24) is 0 Å². The van der Waals surface area contributed by atoms with Gasteiger partial charge < -0.3 is 9.16 Å². The van der Waals surface area contributed by atoms with E-state index in [1.807, 2.05) is 0 Å². The second-order valence-corrected chi connectivity index (χ2v) is 14.4. The van der Waals surface area contributed by atoms with Crippen LogP contribution in [0.2, 0.25) is 18.1 Å². The fraction of sp³-hybridized carbons (Fsp3) is 0.727. The first-order chi connectivity index (χ1) is 12.9. The first kappa shape index (κ1) is 23.4. The summed E-state index contributed by atoms with van der Waals surface area (Å²) in [6, 6.07) is 3.93. The molecular formula is C22H35F3O2Si. The van der Waals surface area contributed by atoms with E-state index in [0.717, 1.165) is 11.6 Å². The maximum absolute atomic E-state index is 13.2. The Balaban J connectivity index is 2.09. The Kier molecular flexibility index (Phi) is 7.79. The van der Waals surface area contributed by atoms with Crippen molar-refractivity contribution in [3.8, 4) is 0 Å². The van der Waals surface area contributed by atoms with Crippen LogP contribution in [0.25, 0.3) is 0 Å². The van der Waals surface area contributed by atoms with E-state index in [9.17, 15) is 13.2 Å². The van der Waals surface area contributed by atoms with E-state index in [4.69, 9.17) is 9.16 Å². The molecule has 1 aliphatic carbocycles. The minimum atomic E-state index is -4.35. The summed E-state index contributed by atoms with van der Waals surface area (Å²) in [4.78, 5) is 0. The fourth-order valence-electron chi connectivity index (χ4n) is 3.24. The van der Waals surface area contributed by atoms with Crippen molar-refractivity contribution in [2.24, 2.45) is 5.92 Å². The summed E-state index contributed by atoms with van der Waals surface area (Å²) in [7, 11) is -2.05. The van der Waals surface area contributed by atoms with Gasteiger partial charge in [-0.3, -0.25) is 0 Å². The third kappa shape index (κ3) is 6.60. The lowest BCUT2D eigenvalue weighted by molar-refractivity contribution is -0.137. The molecule has 0 N–H and O–H groups in total. The predicted octanol–water partition coefficient (Wildman–Crippen LogP) is 7.32. The van der Waals surface area contributed by atoms with Gasteiger partial charge in [0.2, 0.25) is 0 Å². The Bertz CT molecular complexity index is 630. The quantitative estimate of drug-likeness (QED) is 0.433. The molecule has 1 aromatic carbocycles. The summed E-state index contributed by atoms with van der Waals surface area (Å²) in [5, 5.41) is 0.00623. The van der Waals surface area contributed by atoms with Crippen molar-refractivity contribution in [2.75, 3.05) is 6.61 Å². The van der Waals surface area contributed by atoms with Gasteiger partial charge in [-0.25, -0.2) is 0 Å². The van der Waals surface area contributed by atoms with Gasteiger partial charge in [0.15, 0.2) is 8.32 Å². The number of hydrogen-bond donors (Lipinski definition) is 0. The van der Waals surface area contributed by atoms with E-state index < -0.39 is 20.1 Å². The largest absolute Gasteiger partial charge is 0.416 e. The van der Waals surface area contributed by atoms with Gasteiger partial charge in [0, 0.05) is 6.61 Å². The Hall–Kier alpha value is -0.853. The summed E-state index contributed by atoms with van der Waals surface area (Å²) >= 11 is 0. The Morgan fingerprint density at radius 2 is 1.61 bits per heavy atom. The molecule has 0 bridgehead atoms. The fourth-order valence-corrected chi connectivity index (χ4v) is 4.19. The van der Waals surface area contributed by atoms with Crippen LogP contribution in [0.4, 0.5) is 13.2 Å². The van der Waals surface area contributed by atoms with Crippen LogP contribution in [0.1, 0.15) is 69.6 Å². The smallest absolute Gasteiger partial charge is 0.413 e. The molecule has 2 rings (SSSR count). The van der Waals surface area contributed by atoms with Crippen molar-refractivity contribution in [3.63, 3.8) is 0 Å². The van der Waals surface area contributed by atoms with Crippen LogP contribution < -0.4 is 0 Å². The van der Waals surface area contributed by atoms with E-state index in [1.165, 1.54) is 38.2 Å². The lowest BCUT2D eigenvalue weighted by Crippen LogP contribution is -2.40. The zero-order valence-electron chi connectivity index (χ0n) is 17.9. The molecule has 0 heterocycles. The maximum atomic E-state index is 13.2. The van der Waals surface area contributed by atoms with Crippen LogP contribution in [-0.2, 0) is 28.6 Å². The van der Waals surface area contributed by atoms with Gasteiger partial charge in [0.25, 0.3) is 0 Å². The van der Waals surface area contributed by atoms with Gasteiger partial charge in [-0.15, -0.1) is 0 Å². The number of rotatable bonds is 7. The molecule has 0 aliphatic heterocycles. The molecule has 1 aromatic rings. The summed E-state index contributed by atoms with van der Waals surface area (Å²) in [5.74, 6) is 0.579. The third-order valence-corrected chi connectivity index (χ3v) is 10.7. The number of alkyl halides is 3. The van der Waals surface area contributed by atoms with Crippen LogP contribution in [0.3, 0.4) is 0 Å². The SMILES string of the molecule is CC(C)(C)[Si](C)(C)OCc1cc(C(F)(F)F)ccc1COCC1CCCCC1. The van der Waals surface area contributed by atoms with Gasteiger partial charge in [-0.1, -0.05) is 46.1 Å². The van der Waals surface area contributed by atoms with Gasteiger partial charge >= 0.3 is 6.18 Å². The van der Waals surface area contributed by atoms with E-state index in [2.05, 4.69) is 33.9 Å². The second kappa shape index (κ2) is 9.31. The standard InChI is InChI=1S/C22H35F3O2Si/c1-21(2,3)28(4,5)27-16-19-13-20(22(23,24)25)12-11-18(19)15-26-14-17-9-7-6-8-10-17/h11-13,17H,6-10,14-16H2,1-5H3. The molecule has 0 saturated heterocycles. The number of halogens is 3. The molecule has 0 aromatic heterocycles. The molecule has 0 radical (unpaired) electrons. The molecule has 2 nitrogen and oxygen atoms in total. The molecule has 6 heteroatoms. The van der Waals surface area contributed by atoms with Gasteiger partial charge in [0.05, 0.1) is 18.8 Å². The highest BCUT2D eigenvalue weighted by Gasteiger charge is 2.37. The Morgan fingerprint density at radius 3 is 2.18 bits per heavy atom. The summed E-state index contributed by atoms with van der Waals surface area (Å²) in [6.45, 7) is 11.8. The topological polar surface area (TPSA) is 18.5 Å². The maximum Gasteiger partial charge on any atom is 0.416 e. The highest BCUT2D eigenvalue weighted by molar-refractivity contribution is 6.74. The Labute approximate surface area is 168 Å². The normalized spacial score (nSPS) is 17.1. The molecule has 0 atom stereocenters. The molecule has 1 fully saturated rings. The van der Waals surface area contributed by atoms with Gasteiger partial charge in [-0.2, -0.15) is 13.2 Å². The van der Waals surface area contributed by atoms with E-state index >= 15 is 0 Å². The lowest BCUT2D eigenvalue weighted by Gasteiger charge is -2.36. The molecule has 1 aliphatic rings. The van der Waals surface area contributed by atoms with E-state index in [-0.39, 0.29) is 11.6 Å². The average molecular weight is 417 g/mol. The van der Waals surface area contributed by atoms with Crippen LogP contribution >= 0.6 is 0 Å². The lowest BCUT2D eigenvalue weighted by atomic mass is 9.90. The molecule has 1 saturated carbocycles. The highest BCUT2D eigenvalue weighted by atomic mass is 28.4. The molecule has 0 amide bonds. The van der Waals surface area contributed by atoms with Gasteiger partial charge in [-0.05, 0) is 60.2 Å². The van der Waals surface area contributed by atoms with Crippen LogP contribution in [0.5, 0.6) is 0 Å². The minimum absolute atomic E-state index is 0.00623. The van der Waals surface area contributed by atoms with Crippen LogP contribution in [0, 0.1) is 5.92 Å². The molecule has 28 heavy (non-hydrogen) atoms. The predicted molar refractivity (Wildman–Crippen MR) is 110 cm³/mol. The zero-order valence-corrected chi connectivity index (χ0v) is 18.9. The molecule has 0 spiro atoms. The van der Waals surface area contributed by atoms with Crippen molar-refractivity contribution in [3.05, 3.63) is 34.9 Å². The first-order valence-electron chi connectivity index (χ1n) is 10.3. The average Bonchev–Trinajstić information content (AvgIpc) is 2.60. The molecule has 160 valence electrons. The summed E-state index contributed by atoms with van der Waals surface area (Å²) < 4.78 is 51.7. The van der Waals surface area contributed by atoms with E-state index in [0.29, 0.717) is 24.7 Å². The summed E-state index contributed by atoms with van der Waals surface area (Å²) in [5.41, 5.74) is 0.753.